The Bertz CT molecular complexity index is 267. The maximum atomic E-state index is 5.87. The predicted octanol–water partition coefficient (Wildman–Crippen LogP) is 4.05. The van der Waals surface area contributed by atoms with Crippen LogP contribution in [0.15, 0.2) is 23.2 Å². The summed E-state index contributed by atoms with van der Waals surface area (Å²) in [6, 6.07) is 0. The van der Waals surface area contributed by atoms with Crippen LogP contribution >= 0.6 is 0 Å². The van der Waals surface area contributed by atoms with Crippen molar-refractivity contribution in [2.24, 2.45) is 0 Å². The van der Waals surface area contributed by atoms with E-state index in [-0.39, 0.29) is 0 Å². The molecule has 0 atom stereocenters. The fraction of sp³-hybridized carbons (Fsp3) is 0.733. The van der Waals surface area contributed by atoms with Crippen molar-refractivity contribution in [2.45, 2.75) is 46.5 Å². The summed E-state index contributed by atoms with van der Waals surface area (Å²) >= 11 is 0. The van der Waals surface area contributed by atoms with Crippen molar-refractivity contribution in [3.8, 4) is 0 Å². The topological polar surface area (TPSA) is 27.7 Å². The number of rotatable bonds is 10. The largest absolute Gasteiger partial charge is 0.493 e. The molecule has 0 aliphatic rings. The van der Waals surface area contributed by atoms with Crippen LogP contribution in [0, 0.1) is 0 Å². The molecular weight excluding hydrogens is 228 g/mol. The van der Waals surface area contributed by atoms with Gasteiger partial charge in [0.05, 0.1) is 20.3 Å². The van der Waals surface area contributed by atoms with E-state index in [0.717, 1.165) is 36.5 Å². The minimum absolute atomic E-state index is 0.563. The monoisotopic (exact) mass is 256 g/mol. The van der Waals surface area contributed by atoms with E-state index < -0.39 is 0 Å². The van der Waals surface area contributed by atoms with Gasteiger partial charge in [0.25, 0.3) is 0 Å². The quantitative estimate of drug-likeness (QED) is 0.335. The Kier molecular flexibility index (Phi) is 10.6. The first kappa shape index (κ1) is 17.0. The van der Waals surface area contributed by atoms with Crippen molar-refractivity contribution in [2.75, 3.05) is 27.4 Å². The van der Waals surface area contributed by atoms with Crippen LogP contribution in [0.25, 0.3) is 0 Å². The molecule has 0 rings (SSSR count). The summed E-state index contributed by atoms with van der Waals surface area (Å²) in [5.41, 5.74) is 1.07. The SMILES string of the molecule is CC/C=C(OC)\C(OCCCCC)=C(/C)COC. The van der Waals surface area contributed by atoms with Crippen LogP contribution in [0.2, 0.25) is 0 Å². The molecule has 0 aliphatic heterocycles. The Morgan fingerprint density at radius 2 is 1.83 bits per heavy atom. The third-order valence-electron chi connectivity index (χ3n) is 2.58. The van der Waals surface area contributed by atoms with E-state index in [1.54, 1.807) is 14.2 Å². The van der Waals surface area contributed by atoms with Crippen molar-refractivity contribution in [1.29, 1.82) is 0 Å². The normalized spacial score (nSPS) is 13.3. The van der Waals surface area contributed by atoms with E-state index in [2.05, 4.69) is 13.8 Å². The van der Waals surface area contributed by atoms with Gasteiger partial charge in [-0.3, -0.25) is 0 Å². The van der Waals surface area contributed by atoms with E-state index in [0.29, 0.717) is 6.61 Å². The molecule has 0 amide bonds. The van der Waals surface area contributed by atoms with Crippen molar-refractivity contribution in [1.82, 2.24) is 0 Å². The molecule has 0 saturated heterocycles. The smallest absolute Gasteiger partial charge is 0.162 e. The summed E-state index contributed by atoms with van der Waals surface area (Å²) in [5.74, 6) is 1.64. The molecule has 0 radical (unpaired) electrons. The van der Waals surface area contributed by atoms with Gasteiger partial charge in [0, 0.05) is 7.11 Å². The average Bonchev–Trinajstić information content (AvgIpc) is 2.37. The molecule has 0 N–H and O–H groups in total. The minimum atomic E-state index is 0.563. The molecule has 0 spiro atoms. The van der Waals surface area contributed by atoms with Gasteiger partial charge in [-0.25, -0.2) is 0 Å². The second-order valence-electron chi connectivity index (χ2n) is 4.28. The van der Waals surface area contributed by atoms with E-state index in [1.165, 1.54) is 12.8 Å². The Balaban J connectivity index is 4.71. The Hall–Kier alpha value is -0.960. The second-order valence-corrected chi connectivity index (χ2v) is 4.28. The highest BCUT2D eigenvalue weighted by Crippen LogP contribution is 2.19. The lowest BCUT2D eigenvalue weighted by Gasteiger charge is -2.16. The number of unbranched alkanes of at least 4 members (excludes halogenated alkanes) is 2. The van der Waals surface area contributed by atoms with E-state index >= 15 is 0 Å². The number of methoxy groups -OCH3 is 2. The highest BCUT2D eigenvalue weighted by atomic mass is 16.5. The summed E-state index contributed by atoms with van der Waals surface area (Å²) in [6.07, 6.45) is 6.42. The molecule has 0 aliphatic carbocycles. The Morgan fingerprint density at radius 3 is 2.33 bits per heavy atom. The number of hydrogen-bond donors (Lipinski definition) is 0. The average molecular weight is 256 g/mol. The van der Waals surface area contributed by atoms with Crippen LogP contribution in [-0.4, -0.2) is 27.4 Å². The summed E-state index contributed by atoms with van der Waals surface area (Å²) in [5, 5.41) is 0. The summed E-state index contributed by atoms with van der Waals surface area (Å²) in [6.45, 7) is 7.58. The molecule has 0 aromatic rings. The van der Waals surface area contributed by atoms with Gasteiger partial charge in [0.1, 0.15) is 0 Å². The van der Waals surface area contributed by atoms with Gasteiger partial charge in [0.15, 0.2) is 11.5 Å². The zero-order valence-electron chi connectivity index (χ0n) is 12.5. The number of ether oxygens (including phenoxy) is 3. The number of allylic oxidation sites excluding steroid dienone is 1. The van der Waals surface area contributed by atoms with Crippen molar-refractivity contribution < 1.29 is 14.2 Å². The van der Waals surface area contributed by atoms with Gasteiger partial charge >= 0.3 is 0 Å². The maximum Gasteiger partial charge on any atom is 0.162 e. The number of hydrogen-bond acceptors (Lipinski definition) is 3. The highest BCUT2D eigenvalue weighted by molar-refractivity contribution is 5.25. The second kappa shape index (κ2) is 11.1. The zero-order valence-corrected chi connectivity index (χ0v) is 12.5. The predicted molar refractivity (Wildman–Crippen MR) is 75.4 cm³/mol. The summed E-state index contributed by atoms with van der Waals surface area (Å²) in [7, 11) is 3.37. The standard InChI is InChI=1S/C15H28O3/c1-6-8-9-11-18-15(13(3)12-16-4)14(17-5)10-7-2/h10H,6-9,11-12H2,1-5H3/b14-10+,15-13-. The van der Waals surface area contributed by atoms with E-state index in [9.17, 15) is 0 Å². The molecule has 106 valence electrons. The fourth-order valence-corrected chi connectivity index (χ4v) is 1.67. The van der Waals surface area contributed by atoms with Crippen molar-refractivity contribution >= 4 is 0 Å². The highest BCUT2D eigenvalue weighted by Gasteiger charge is 2.11. The lowest BCUT2D eigenvalue weighted by atomic mass is 10.2. The molecular formula is C15H28O3. The van der Waals surface area contributed by atoms with E-state index in [1.807, 2.05) is 13.0 Å². The molecule has 0 aromatic heterocycles. The Labute approximate surface area is 112 Å². The maximum absolute atomic E-state index is 5.87. The lowest BCUT2D eigenvalue weighted by molar-refractivity contribution is 0.159. The summed E-state index contributed by atoms with van der Waals surface area (Å²) in [4.78, 5) is 0. The molecule has 3 nitrogen and oxygen atoms in total. The third kappa shape index (κ3) is 6.70. The molecule has 18 heavy (non-hydrogen) atoms. The van der Waals surface area contributed by atoms with Gasteiger partial charge in [0.2, 0.25) is 0 Å². The molecule has 3 heteroatoms. The van der Waals surface area contributed by atoms with Gasteiger partial charge in [-0.05, 0) is 31.4 Å². The fourth-order valence-electron chi connectivity index (χ4n) is 1.67. The van der Waals surface area contributed by atoms with Gasteiger partial charge in [-0.2, -0.15) is 0 Å². The molecule has 0 aromatic carbocycles. The minimum Gasteiger partial charge on any atom is -0.493 e. The van der Waals surface area contributed by atoms with Crippen LogP contribution in [-0.2, 0) is 14.2 Å². The third-order valence-corrected chi connectivity index (χ3v) is 2.58. The molecule has 0 unspecified atom stereocenters. The van der Waals surface area contributed by atoms with Crippen molar-refractivity contribution in [3.63, 3.8) is 0 Å². The van der Waals surface area contributed by atoms with Gasteiger partial charge in [-0.15, -0.1) is 0 Å². The van der Waals surface area contributed by atoms with Crippen molar-refractivity contribution in [3.05, 3.63) is 23.2 Å². The van der Waals surface area contributed by atoms with Gasteiger partial charge in [-0.1, -0.05) is 26.7 Å². The molecule has 0 bridgehead atoms. The zero-order chi connectivity index (χ0) is 13.8. The van der Waals surface area contributed by atoms with Gasteiger partial charge < -0.3 is 14.2 Å². The lowest BCUT2D eigenvalue weighted by Crippen LogP contribution is -2.06. The molecule has 0 fully saturated rings. The first-order chi connectivity index (χ1) is 8.71. The first-order valence-corrected chi connectivity index (χ1v) is 6.77. The summed E-state index contributed by atoms with van der Waals surface area (Å²) < 4.78 is 16.4. The Morgan fingerprint density at radius 1 is 1.11 bits per heavy atom. The van der Waals surface area contributed by atoms with Crippen LogP contribution in [0.5, 0.6) is 0 Å². The van der Waals surface area contributed by atoms with Crippen LogP contribution < -0.4 is 0 Å². The van der Waals surface area contributed by atoms with Crippen LogP contribution in [0.3, 0.4) is 0 Å². The van der Waals surface area contributed by atoms with Crippen LogP contribution in [0.1, 0.15) is 46.5 Å². The van der Waals surface area contributed by atoms with E-state index in [4.69, 9.17) is 14.2 Å². The first-order valence-electron chi connectivity index (χ1n) is 6.77. The molecule has 0 saturated carbocycles. The molecule has 0 heterocycles. The van der Waals surface area contributed by atoms with Crippen LogP contribution in [0.4, 0.5) is 0 Å².